The van der Waals surface area contributed by atoms with E-state index >= 15 is 0 Å². The average molecular weight is 420 g/mol. The van der Waals surface area contributed by atoms with E-state index in [1.807, 2.05) is 19.0 Å². The van der Waals surface area contributed by atoms with Crippen LogP contribution in [0.4, 0.5) is 13.2 Å². The normalized spacial score (nSPS) is 11.8. The summed E-state index contributed by atoms with van der Waals surface area (Å²) in [6.45, 7) is 0.668. The number of aromatic carboxylic acids is 1. The third-order valence-corrected chi connectivity index (χ3v) is 4.41. The van der Waals surface area contributed by atoms with E-state index in [0.29, 0.717) is 30.0 Å². The van der Waals surface area contributed by atoms with E-state index in [1.165, 1.54) is 18.3 Å². The van der Waals surface area contributed by atoms with E-state index in [-0.39, 0.29) is 17.1 Å². The van der Waals surface area contributed by atoms with Gasteiger partial charge in [-0.1, -0.05) is 6.07 Å². The number of nitrogens with zero attached hydrogens (tertiary/aromatic N) is 3. The number of aromatic nitrogens is 3. The molecule has 0 atom stereocenters. The van der Waals surface area contributed by atoms with Gasteiger partial charge in [-0.25, -0.2) is 14.8 Å². The first-order chi connectivity index (χ1) is 14.1. The number of carboxylic acids is 1. The number of carboxylic acid groups (broad SMARTS) is 1. The van der Waals surface area contributed by atoms with Gasteiger partial charge in [-0.15, -0.1) is 0 Å². The van der Waals surface area contributed by atoms with Crippen LogP contribution in [0.25, 0.3) is 22.5 Å². The van der Waals surface area contributed by atoms with Crippen LogP contribution in [-0.2, 0) is 12.6 Å². The Morgan fingerprint density at radius 1 is 1.17 bits per heavy atom. The van der Waals surface area contributed by atoms with E-state index in [1.54, 1.807) is 6.07 Å². The lowest BCUT2D eigenvalue weighted by atomic mass is 9.99. The fourth-order valence-corrected chi connectivity index (χ4v) is 2.98. The number of alkyl halides is 3. The van der Waals surface area contributed by atoms with Crippen LogP contribution in [0.15, 0.2) is 36.5 Å². The molecule has 158 valence electrons. The second kappa shape index (κ2) is 8.15. The number of pyridine rings is 1. The highest BCUT2D eigenvalue weighted by Crippen LogP contribution is 2.36. The monoisotopic (exact) mass is 420 g/mol. The molecule has 0 amide bonds. The van der Waals surface area contributed by atoms with Gasteiger partial charge in [-0.05, 0) is 32.3 Å². The standard InChI is InChI=1S/C20H19F3N4O3/c1-27(2)8-6-15-25-17(18(26-15)12-5-7-24-16(28)10-12)11-3-4-14(20(21,22)23)13(9-11)19(29)30/h3-5,7,9-10H,6,8H2,1-2H3,(H,24,28)(H,25,26)(H,29,30). The molecule has 3 aromatic rings. The van der Waals surface area contributed by atoms with E-state index in [4.69, 9.17) is 0 Å². The van der Waals surface area contributed by atoms with Crippen molar-refractivity contribution in [2.24, 2.45) is 0 Å². The number of aromatic amines is 1. The number of rotatable bonds is 6. The van der Waals surface area contributed by atoms with Crippen LogP contribution in [0, 0.1) is 0 Å². The predicted molar refractivity (Wildman–Crippen MR) is 103 cm³/mol. The number of imidazole rings is 1. The summed E-state index contributed by atoms with van der Waals surface area (Å²) in [6, 6.07) is 5.87. The molecule has 0 fully saturated rings. The van der Waals surface area contributed by atoms with Gasteiger partial charge in [0.15, 0.2) is 0 Å². The van der Waals surface area contributed by atoms with Crippen LogP contribution in [0.2, 0.25) is 0 Å². The number of halogens is 3. The fourth-order valence-electron chi connectivity index (χ4n) is 2.98. The summed E-state index contributed by atoms with van der Waals surface area (Å²) >= 11 is 0. The van der Waals surface area contributed by atoms with Crippen molar-refractivity contribution in [3.63, 3.8) is 0 Å². The lowest BCUT2D eigenvalue weighted by Crippen LogP contribution is -2.15. The Hall–Kier alpha value is -3.40. The molecule has 2 aromatic heterocycles. The average Bonchev–Trinajstić information content (AvgIpc) is 3.09. The van der Waals surface area contributed by atoms with Gasteiger partial charge in [0, 0.05) is 36.4 Å². The molecule has 0 unspecified atom stereocenters. The fraction of sp³-hybridized carbons (Fsp3) is 0.250. The lowest BCUT2D eigenvalue weighted by molar-refractivity contribution is -0.138. The Morgan fingerprint density at radius 2 is 1.90 bits per heavy atom. The Bertz CT molecular complexity index is 1080. The molecule has 0 aliphatic rings. The van der Waals surface area contributed by atoms with Crippen LogP contribution in [-0.4, -0.2) is 56.7 Å². The topological polar surface area (TPSA) is 102 Å². The molecule has 10 heteroatoms. The zero-order chi connectivity index (χ0) is 22.1. The highest BCUT2D eigenvalue weighted by atomic mass is 19.4. The second-order valence-corrected chi connectivity index (χ2v) is 6.93. The number of H-pyrrole nitrogens is 1. The molecule has 0 bridgehead atoms. The van der Waals surface area contributed by atoms with Gasteiger partial charge in [0.2, 0.25) is 5.88 Å². The number of hydrogen-bond donors (Lipinski definition) is 3. The molecular weight excluding hydrogens is 401 g/mol. The maximum Gasteiger partial charge on any atom is 0.417 e. The molecule has 0 saturated carbocycles. The van der Waals surface area contributed by atoms with Crippen molar-refractivity contribution in [2.75, 3.05) is 20.6 Å². The first-order valence-corrected chi connectivity index (χ1v) is 8.90. The van der Waals surface area contributed by atoms with E-state index in [2.05, 4.69) is 15.0 Å². The minimum absolute atomic E-state index is 0.207. The third-order valence-electron chi connectivity index (χ3n) is 4.41. The molecule has 30 heavy (non-hydrogen) atoms. The van der Waals surface area contributed by atoms with Crippen molar-refractivity contribution in [1.82, 2.24) is 19.9 Å². The smallest absolute Gasteiger partial charge is 0.417 e. The van der Waals surface area contributed by atoms with Gasteiger partial charge >= 0.3 is 12.1 Å². The van der Waals surface area contributed by atoms with E-state index in [9.17, 15) is 28.2 Å². The molecule has 0 saturated heterocycles. The third kappa shape index (κ3) is 4.60. The Kier molecular flexibility index (Phi) is 5.79. The molecule has 3 rings (SSSR count). The highest BCUT2D eigenvalue weighted by Gasteiger charge is 2.35. The minimum Gasteiger partial charge on any atom is -0.493 e. The summed E-state index contributed by atoms with van der Waals surface area (Å²) in [5.41, 5.74) is -0.647. The number of carbonyl (C=O) groups is 1. The van der Waals surface area contributed by atoms with Crippen LogP contribution in [0.3, 0.4) is 0 Å². The predicted octanol–water partition coefficient (Wildman–Crippen LogP) is 3.67. The zero-order valence-corrected chi connectivity index (χ0v) is 16.2. The van der Waals surface area contributed by atoms with Crippen LogP contribution < -0.4 is 0 Å². The number of hydrogen-bond acceptors (Lipinski definition) is 5. The first-order valence-electron chi connectivity index (χ1n) is 8.90. The zero-order valence-electron chi connectivity index (χ0n) is 16.2. The molecule has 0 spiro atoms. The van der Waals surface area contributed by atoms with Gasteiger partial charge in [0.05, 0.1) is 22.5 Å². The SMILES string of the molecule is CN(C)CCc1nc(-c2ccc(C(F)(F)F)c(C(=O)O)c2)c(-c2ccnc(O)c2)[nH]1. The summed E-state index contributed by atoms with van der Waals surface area (Å²) < 4.78 is 39.6. The molecule has 7 nitrogen and oxygen atoms in total. The van der Waals surface area contributed by atoms with Crippen molar-refractivity contribution < 1.29 is 28.2 Å². The van der Waals surface area contributed by atoms with Crippen molar-refractivity contribution in [1.29, 1.82) is 0 Å². The molecular formula is C20H19F3N4O3. The summed E-state index contributed by atoms with van der Waals surface area (Å²) in [6.07, 6.45) is -2.89. The number of nitrogens with one attached hydrogen (secondary N) is 1. The second-order valence-electron chi connectivity index (χ2n) is 6.93. The Balaban J connectivity index is 2.16. The summed E-state index contributed by atoms with van der Waals surface area (Å²) in [4.78, 5) is 24.7. The molecule has 0 aliphatic carbocycles. The Morgan fingerprint density at radius 3 is 2.50 bits per heavy atom. The van der Waals surface area contributed by atoms with Crippen molar-refractivity contribution in [3.05, 3.63) is 53.5 Å². The largest absolute Gasteiger partial charge is 0.493 e. The van der Waals surface area contributed by atoms with E-state index in [0.717, 1.165) is 12.1 Å². The van der Waals surface area contributed by atoms with Gasteiger partial charge in [-0.3, -0.25) is 0 Å². The van der Waals surface area contributed by atoms with Crippen LogP contribution >= 0.6 is 0 Å². The summed E-state index contributed by atoms with van der Waals surface area (Å²) in [5, 5.41) is 19.0. The summed E-state index contributed by atoms with van der Waals surface area (Å²) in [5.74, 6) is -1.35. The van der Waals surface area contributed by atoms with Crippen LogP contribution in [0.1, 0.15) is 21.7 Å². The van der Waals surface area contributed by atoms with Gasteiger partial charge in [0.1, 0.15) is 5.82 Å². The number of aromatic hydroxyl groups is 1. The van der Waals surface area contributed by atoms with Crippen molar-refractivity contribution in [2.45, 2.75) is 12.6 Å². The quantitative estimate of drug-likeness (QED) is 0.563. The van der Waals surface area contributed by atoms with E-state index < -0.39 is 23.3 Å². The minimum atomic E-state index is -4.80. The summed E-state index contributed by atoms with van der Waals surface area (Å²) in [7, 11) is 3.78. The maximum absolute atomic E-state index is 13.2. The number of benzene rings is 1. The number of likely N-dealkylation sites (N-methyl/N-ethyl adjacent to an activating group) is 1. The van der Waals surface area contributed by atoms with Gasteiger partial charge in [0.25, 0.3) is 0 Å². The lowest BCUT2D eigenvalue weighted by Gasteiger charge is -2.12. The van der Waals surface area contributed by atoms with Crippen molar-refractivity contribution in [3.8, 4) is 28.4 Å². The van der Waals surface area contributed by atoms with Gasteiger partial charge in [-0.2, -0.15) is 13.2 Å². The van der Waals surface area contributed by atoms with Crippen LogP contribution in [0.5, 0.6) is 5.88 Å². The maximum atomic E-state index is 13.2. The van der Waals surface area contributed by atoms with Gasteiger partial charge < -0.3 is 20.1 Å². The molecule has 1 aromatic carbocycles. The molecule has 3 N–H and O–H groups in total. The Labute approximate surface area is 169 Å². The highest BCUT2D eigenvalue weighted by molar-refractivity contribution is 5.92. The molecule has 0 aliphatic heterocycles. The van der Waals surface area contributed by atoms with Crippen molar-refractivity contribution >= 4 is 5.97 Å². The molecule has 0 radical (unpaired) electrons. The first kappa shape index (κ1) is 21.3. The molecule has 2 heterocycles.